The highest BCUT2D eigenvalue weighted by Crippen LogP contribution is 2.40. The third-order valence-electron chi connectivity index (χ3n) is 5.91. The van der Waals surface area contributed by atoms with Crippen LogP contribution in [0.1, 0.15) is 30.9 Å². The van der Waals surface area contributed by atoms with E-state index in [0.717, 1.165) is 22.7 Å². The van der Waals surface area contributed by atoms with E-state index < -0.39 is 33.4 Å². The molecule has 1 amide bonds. The number of carbonyl (C=O) groups is 2. The Hall–Kier alpha value is -1.89. The largest absolute Gasteiger partial charge is 0.460 e. The Kier molecular flexibility index (Phi) is 10.5. The lowest BCUT2D eigenvalue weighted by atomic mass is 9.78. The number of nitrogens with zero attached hydrogens (tertiary/aromatic N) is 3. The zero-order valence-corrected chi connectivity index (χ0v) is 24.8. The number of hydrogen-bond donors (Lipinski definition) is 0. The lowest BCUT2D eigenvalue weighted by molar-refractivity contribution is -0.137. The van der Waals surface area contributed by atoms with Crippen LogP contribution in [0.5, 0.6) is 0 Å². The predicted octanol–water partition coefficient (Wildman–Crippen LogP) is 7.74. The minimum absolute atomic E-state index is 0.157. The van der Waals surface area contributed by atoms with Crippen LogP contribution < -0.4 is 4.31 Å². The van der Waals surface area contributed by atoms with Crippen LogP contribution in [0.25, 0.3) is 0 Å². The molecular weight excluding hydrogens is 627 g/mol. The molecule has 0 radical (unpaired) electrons. The SMILES string of the molecule is COC(=O)SN(C(=O)CN1CC(C)(CCCSC)C(c2ccc(C(F)(F)F)c(Cl)c2)=N1)c1ccc(Br)cc1. The Morgan fingerprint density at radius 1 is 1.24 bits per heavy atom. The monoisotopic (exact) mass is 651 g/mol. The van der Waals surface area contributed by atoms with Gasteiger partial charge in [0.25, 0.3) is 5.91 Å². The van der Waals surface area contributed by atoms with E-state index in [0.29, 0.717) is 41.9 Å². The minimum atomic E-state index is -4.57. The van der Waals surface area contributed by atoms with E-state index in [1.807, 2.05) is 13.2 Å². The summed E-state index contributed by atoms with van der Waals surface area (Å²) in [7, 11) is 1.23. The van der Waals surface area contributed by atoms with Crippen molar-refractivity contribution in [3.8, 4) is 0 Å². The Bertz CT molecular complexity index is 1200. The van der Waals surface area contributed by atoms with Gasteiger partial charge in [0, 0.05) is 16.4 Å². The van der Waals surface area contributed by atoms with E-state index in [9.17, 15) is 22.8 Å². The van der Waals surface area contributed by atoms with Crippen molar-refractivity contribution in [3.63, 3.8) is 0 Å². The van der Waals surface area contributed by atoms with Gasteiger partial charge >= 0.3 is 11.5 Å². The zero-order valence-electron chi connectivity index (χ0n) is 20.8. The molecule has 1 heterocycles. The summed E-state index contributed by atoms with van der Waals surface area (Å²) in [5.74, 6) is 0.493. The summed E-state index contributed by atoms with van der Waals surface area (Å²) in [6.45, 7) is 2.20. The fraction of sp³-hybridized carbons (Fsp3) is 0.400. The molecule has 0 N–H and O–H groups in total. The van der Waals surface area contributed by atoms with Gasteiger partial charge in [0.05, 0.1) is 41.0 Å². The molecule has 2 aromatic rings. The summed E-state index contributed by atoms with van der Waals surface area (Å²) >= 11 is 11.7. The maximum Gasteiger partial charge on any atom is 0.417 e. The van der Waals surface area contributed by atoms with Crippen LogP contribution in [-0.4, -0.2) is 54.1 Å². The van der Waals surface area contributed by atoms with E-state index in [4.69, 9.17) is 16.3 Å². The highest BCUT2D eigenvalue weighted by atomic mass is 79.9. The molecule has 206 valence electrons. The topological polar surface area (TPSA) is 62.2 Å². The van der Waals surface area contributed by atoms with Crippen LogP contribution in [0.2, 0.25) is 5.02 Å². The van der Waals surface area contributed by atoms with Crippen molar-refractivity contribution in [1.82, 2.24) is 5.01 Å². The highest BCUT2D eigenvalue weighted by Gasteiger charge is 2.41. The number of hydrazone groups is 1. The van der Waals surface area contributed by atoms with Gasteiger partial charge in [0.2, 0.25) is 0 Å². The molecule has 0 fully saturated rings. The molecular formula is C25H26BrClF3N3O3S2. The van der Waals surface area contributed by atoms with Crippen LogP contribution in [0, 0.1) is 5.41 Å². The fourth-order valence-electron chi connectivity index (χ4n) is 4.13. The molecule has 0 saturated carbocycles. The van der Waals surface area contributed by atoms with Gasteiger partial charge in [-0.05, 0) is 66.8 Å². The maximum atomic E-state index is 13.4. The average molecular weight is 653 g/mol. The number of amides is 1. The van der Waals surface area contributed by atoms with E-state index in [-0.39, 0.29) is 6.54 Å². The Balaban J connectivity index is 1.92. The van der Waals surface area contributed by atoms with Gasteiger partial charge in [-0.15, -0.1) is 0 Å². The summed E-state index contributed by atoms with van der Waals surface area (Å²) in [4.78, 5) is 25.4. The second kappa shape index (κ2) is 13.0. The molecule has 1 aliphatic rings. The summed E-state index contributed by atoms with van der Waals surface area (Å²) in [6, 6.07) is 10.5. The van der Waals surface area contributed by atoms with Gasteiger partial charge < -0.3 is 4.74 Å². The van der Waals surface area contributed by atoms with Crippen molar-refractivity contribution >= 4 is 73.8 Å². The number of methoxy groups -OCH3 is 1. The number of ether oxygens (including phenoxy) is 1. The van der Waals surface area contributed by atoms with Crippen LogP contribution >= 0.6 is 51.2 Å². The number of thioether (sulfide) groups is 1. The molecule has 0 aliphatic carbocycles. The number of halogens is 5. The normalized spacial score (nSPS) is 17.4. The van der Waals surface area contributed by atoms with Gasteiger partial charge in [0.1, 0.15) is 6.54 Å². The second-order valence-corrected chi connectivity index (χ2v) is 12.0. The van der Waals surface area contributed by atoms with Crippen LogP contribution in [0.3, 0.4) is 0 Å². The fourth-order valence-corrected chi connectivity index (χ4v) is 5.72. The van der Waals surface area contributed by atoms with Crippen LogP contribution in [0.4, 0.5) is 23.7 Å². The summed E-state index contributed by atoms with van der Waals surface area (Å²) < 4.78 is 46.6. The Morgan fingerprint density at radius 3 is 2.50 bits per heavy atom. The number of carbonyl (C=O) groups excluding carboxylic acids is 2. The number of benzene rings is 2. The number of rotatable bonds is 8. The van der Waals surface area contributed by atoms with E-state index >= 15 is 0 Å². The standard InChI is InChI=1S/C25H26BrClF3N3O3S2/c1-24(11-4-12-37-3)15-32(31-22(24)16-5-10-19(20(27)13-16)25(28,29)30)14-21(34)33(38-23(35)36-2)18-8-6-17(26)7-9-18/h5-10,13H,4,11-12,14-15H2,1-3H3. The quantitative estimate of drug-likeness (QED) is 0.165. The molecule has 0 spiro atoms. The van der Waals surface area contributed by atoms with Gasteiger partial charge in [0.15, 0.2) is 0 Å². The molecule has 0 saturated heterocycles. The first-order valence-corrected chi connectivity index (χ1v) is 14.8. The molecule has 1 unspecified atom stereocenters. The third-order valence-corrected chi connectivity index (χ3v) is 8.36. The van der Waals surface area contributed by atoms with Gasteiger partial charge in [-0.1, -0.05) is 40.5 Å². The lowest BCUT2D eigenvalue weighted by Gasteiger charge is -2.28. The van der Waals surface area contributed by atoms with Crippen molar-refractivity contribution in [2.75, 3.05) is 36.5 Å². The first-order chi connectivity index (χ1) is 17.9. The van der Waals surface area contributed by atoms with Crippen molar-refractivity contribution in [1.29, 1.82) is 0 Å². The van der Waals surface area contributed by atoms with Gasteiger partial charge in [-0.25, -0.2) is 9.10 Å². The first kappa shape index (κ1) is 30.6. The summed E-state index contributed by atoms with van der Waals surface area (Å²) in [5, 5.41) is 5.20. The summed E-state index contributed by atoms with van der Waals surface area (Å²) in [6.07, 6.45) is -0.997. The van der Waals surface area contributed by atoms with Crippen LogP contribution in [0.15, 0.2) is 52.0 Å². The van der Waals surface area contributed by atoms with E-state index in [1.54, 1.807) is 41.0 Å². The molecule has 0 aromatic heterocycles. The smallest absolute Gasteiger partial charge is 0.417 e. The molecule has 1 aliphatic heterocycles. The first-order valence-electron chi connectivity index (χ1n) is 11.4. The van der Waals surface area contributed by atoms with E-state index in [1.165, 1.54) is 23.5 Å². The van der Waals surface area contributed by atoms with Gasteiger partial charge in [-0.2, -0.15) is 30.0 Å². The Labute approximate surface area is 241 Å². The maximum absolute atomic E-state index is 13.4. The minimum Gasteiger partial charge on any atom is -0.460 e. The highest BCUT2D eigenvalue weighted by molar-refractivity contribution is 9.10. The molecule has 38 heavy (non-hydrogen) atoms. The second-order valence-electron chi connectivity index (χ2n) is 8.83. The molecule has 0 bridgehead atoms. The van der Waals surface area contributed by atoms with Crippen molar-refractivity contribution < 1.29 is 27.5 Å². The Morgan fingerprint density at radius 2 is 1.92 bits per heavy atom. The molecule has 3 rings (SSSR count). The number of alkyl halides is 3. The number of anilines is 1. The number of hydrogen-bond acceptors (Lipinski definition) is 7. The van der Waals surface area contributed by atoms with Crippen LogP contribution in [-0.2, 0) is 15.7 Å². The lowest BCUT2D eigenvalue weighted by Crippen LogP contribution is -2.37. The molecule has 1 atom stereocenters. The van der Waals surface area contributed by atoms with Gasteiger partial charge in [-0.3, -0.25) is 9.80 Å². The average Bonchev–Trinajstić information content (AvgIpc) is 3.17. The molecule has 2 aromatic carbocycles. The van der Waals surface area contributed by atoms with E-state index in [2.05, 4.69) is 21.0 Å². The summed E-state index contributed by atoms with van der Waals surface area (Å²) in [5.41, 5.74) is 0.0739. The predicted molar refractivity (Wildman–Crippen MR) is 152 cm³/mol. The van der Waals surface area contributed by atoms with Crippen molar-refractivity contribution in [2.45, 2.75) is 25.9 Å². The van der Waals surface area contributed by atoms with Crippen molar-refractivity contribution in [3.05, 3.63) is 63.1 Å². The molecule has 6 nitrogen and oxygen atoms in total. The van der Waals surface area contributed by atoms with Crippen molar-refractivity contribution in [2.24, 2.45) is 10.5 Å². The molecule has 13 heteroatoms. The third kappa shape index (κ3) is 7.61. The zero-order chi connectivity index (χ0) is 28.1.